The smallest absolute Gasteiger partial charge is 0.231 e. The molecule has 3 aliphatic rings. The van der Waals surface area contributed by atoms with E-state index in [4.69, 9.17) is 9.47 Å². The molecule has 108 valence electrons. The van der Waals surface area contributed by atoms with Crippen LogP contribution < -0.4 is 14.8 Å². The molecule has 1 aromatic carbocycles. The van der Waals surface area contributed by atoms with E-state index in [1.807, 2.05) is 0 Å². The van der Waals surface area contributed by atoms with Gasteiger partial charge in [-0.05, 0) is 44.5 Å². The van der Waals surface area contributed by atoms with Gasteiger partial charge >= 0.3 is 0 Å². The highest BCUT2D eigenvalue weighted by molar-refractivity contribution is 5.67. The van der Waals surface area contributed by atoms with Gasteiger partial charge in [0.1, 0.15) is 0 Å². The number of likely N-dealkylation sites (tertiary alicyclic amines) is 1. The summed E-state index contributed by atoms with van der Waals surface area (Å²) < 4.78 is 11.0. The van der Waals surface area contributed by atoms with Gasteiger partial charge in [-0.15, -0.1) is 0 Å². The van der Waals surface area contributed by atoms with Crippen molar-refractivity contribution in [3.63, 3.8) is 0 Å². The van der Waals surface area contributed by atoms with Crippen LogP contribution in [0.15, 0.2) is 12.1 Å². The quantitative estimate of drug-likeness (QED) is 0.899. The van der Waals surface area contributed by atoms with Crippen LogP contribution >= 0.6 is 0 Å². The molecule has 0 aliphatic carbocycles. The maximum absolute atomic E-state index is 5.55. The minimum Gasteiger partial charge on any atom is -0.454 e. The molecule has 20 heavy (non-hydrogen) atoms. The molecule has 4 nitrogen and oxygen atoms in total. The van der Waals surface area contributed by atoms with Crippen molar-refractivity contribution in [2.45, 2.75) is 37.6 Å². The molecule has 1 aromatic rings. The molecule has 1 saturated heterocycles. The van der Waals surface area contributed by atoms with Gasteiger partial charge in [0.2, 0.25) is 6.79 Å². The summed E-state index contributed by atoms with van der Waals surface area (Å²) in [7, 11) is 2.25. The highest BCUT2D eigenvalue weighted by Gasteiger charge is 2.39. The lowest BCUT2D eigenvalue weighted by Crippen LogP contribution is -2.35. The number of rotatable bonds is 2. The number of nitrogens with one attached hydrogen (secondary N) is 1. The van der Waals surface area contributed by atoms with Crippen molar-refractivity contribution in [1.29, 1.82) is 0 Å². The van der Waals surface area contributed by atoms with Crippen LogP contribution in [0.1, 0.15) is 31.7 Å². The van der Waals surface area contributed by atoms with Gasteiger partial charge in [-0.2, -0.15) is 0 Å². The van der Waals surface area contributed by atoms with Gasteiger partial charge in [0.05, 0.1) is 0 Å². The fourth-order valence-electron chi connectivity index (χ4n) is 3.91. The Labute approximate surface area is 120 Å². The number of benzene rings is 1. The molecule has 2 atom stereocenters. The third kappa shape index (κ3) is 1.78. The van der Waals surface area contributed by atoms with E-state index in [2.05, 4.69) is 36.3 Å². The summed E-state index contributed by atoms with van der Waals surface area (Å²) in [5.41, 5.74) is 2.80. The maximum atomic E-state index is 5.55. The van der Waals surface area contributed by atoms with Gasteiger partial charge in [0, 0.05) is 29.8 Å². The average Bonchev–Trinajstić information content (AvgIpc) is 3.11. The lowest BCUT2D eigenvalue weighted by Gasteiger charge is -2.31. The molecule has 0 saturated carbocycles. The minimum absolute atomic E-state index is 0.194. The van der Waals surface area contributed by atoms with Crippen LogP contribution in [0.4, 0.5) is 5.69 Å². The molecule has 0 aromatic heterocycles. The number of anilines is 1. The second-order valence-electron chi connectivity index (χ2n) is 6.65. The topological polar surface area (TPSA) is 33.7 Å². The second kappa shape index (κ2) is 4.29. The molecule has 1 fully saturated rings. The molecule has 4 rings (SSSR count). The Bertz CT molecular complexity index is 546. The Hall–Kier alpha value is -1.42. The van der Waals surface area contributed by atoms with Crippen LogP contribution in [0.5, 0.6) is 11.5 Å². The molecule has 1 unspecified atom stereocenters. The SMILES string of the molecule is CN1CCC[C@@H]1CC1(C)CNc2cc3c(cc21)OCO3. The van der Waals surface area contributed by atoms with E-state index in [0.29, 0.717) is 12.8 Å². The standard InChI is InChI=1S/C16H22N2O2/c1-16(8-11-4-3-5-18(11)2)9-17-13-7-15-14(6-12(13)16)19-10-20-15/h6-7,11,17H,3-5,8-10H2,1-2H3/t11-,16?/m1/s1. The predicted octanol–water partition coefficient (Wildman–Crippen LogP) is 2.58. The van der Waals surface area contributed by atoms with Crippen LogP contribution in [0.2, 0.25) is 0 Å². The van der Waals surface area contributed by atoms with Gasteiger partial charge < -0.3 is 19.7 Å². The molecule has 0 spiro atoms. The summed E-state index contributed by atoms with van der Waals surface area (Å²) in [5, 5.41) is 3.56. The number of hydrogen-bond donors (Lipinski definition) is 1. The third-order valence-electron chi connectivity index (χ3n) is 5.19. The minimum atomic E-state index is 0.194. The Morgan fingerprint density at radius 3 is 2.90 bits per heavy atom. The van der Waals surface area contributed by atoms with E-state index in [9.17, 15) is 0 Å². The Morgan fingerprint density at radius 1 is 1.35 bits per heavy atom. The normalized spacial score (nSPS) is 31.4. The summed E-state index contributed by atoms with van der Waals surface area (Å²) in [6.45, 7) is 4.97. The number of ether oxygens (including phenoxy) is 2. The van der Waals surface area contributed by atoms with Crippen LogP contribution in [-0.4, -0.2) is 37.9 Å². The fourth-order valence-corrected chi connectivity index (χ4v) is 3.91. The van der Waals surface area contributed by atoms with Crippen molar-refractivity contribution >= 4 is 5.69 Å². The van der Waals surface area contributed by atoms with Crippen molar-refractivity contribution in [3.8, 4) is 11.5 Å². The van der Waals surface area contributed by atoms with Crippen LogP contribution in [-0.2, 0) is 5.41 Å². The molecule has 1 N–H and O–H groups in total. The van der Waals surface area contributed by atoms with Crippen LogP contribution in [0.3, 0.4) is 0 Å². The Kier molecular flexibility index (Phi) is 2.64. The monoisotopic (exact) mass is 274 g/mol. The number of nitrogens with zero attached hydrogens (tertiary/aromatic N) is 1. The first kappa shape index (κ1) is 12.3. The lowest BCUT2D eigenvalue weighted by atomic mass is 9.78. The maximum Gasteiger partial charge on any atom is 0.231 e. The zero-order chi connectivity index (χ0) is 13.7. The van der Waals surface area contributed by atoms with Crippen molar-refractivity contribution in [2.24, 2.45) is 0 Å². The Morgan fingerprint density at radius 2 is 2.15 bits per heavy atom. The molecule has 4 heteroatoms. The van der Waals surface area contributed by atoms with Crippen molar-refractivity contribution in [1.82, 2.24) is 4.90 Å². The molecular weight excluding hydrogens is 252 g/mol. The highest BCUT2D eigenvalue weighted by Crippen LogP contribution is 2.47. The van der Waals surface area contributed by atoms with Crippen molar-refractivity contribution in [2.75, 3.05) is 32.2 Å². The van der Waals surface area contributed by atoms with Gasteiger partial charge in [0.15, 0.2) is 11.5 Å². The highest BCUT2D eigenvalue weighted by atomic mass is 16.7. The number of fused-ring (bicyclic) bond motifs is 2. The first-order valence-electron chi connectivity index (χ1n) is 7.54. The molecular formula is C16H22N2O2. The first-order chi connectivity index (χ1) is 9.66. The zero-order valence-corrected chi connectivity index (χ0v) is 12.2. The zero-order valence-electron chi connectivity index (χ0n) is 12.2. The van der Waals surface area contributed by atoms with E-state index in [-0.39, 0.29) is 5.41 Å². The van der Waals surface area contributed by atoms with Gasteiger partial charge in [0.25, 0.3) is 0 Å². The van der Waals surface area contributed by atoms with Gasteiger partial charge in [-0.1, -0.05) is 6.92 Å². The lowest BCUT2D eigenvalue weighted by molar-refractivity contribution is 0.174. The Balaban J connectivity index is 1.65. The summed E-state index contributed by atoms with van der Waals surface area (Å²) in [6.07, 6.45) is 3.87. The van der Waals surface area contributed by atoms with Crippen LogP contribution in [0.25, 0.3) is 0 Å². The van der Waals surface area contributed by atoms with Gasteiger partial charge in [-0.25, -0.2) is 0 Å². The largest absolute Gasteiger partial charge is 0.454 e. The second-order valence-corrected chi connectivity index (χ2v) is 6.65. The predicted molar refractivity (Wildman–Crippen MR) is 78.7 cm³/mol. The molecule has 0 amide bonds. The summed E-state index contributed by atoms with van der Waals surface area (Å²) in [4.78, 5) is 2.51. The summed E-state index contributed by atoms with van der Waals surface area (Å²) in [5.74, 6) is 1.77. The third-order valence-corrected chi connectivity index (χ3v) is 5.19. The van der Waals surface area contributed by atoms with Crippen LogP contribution in [0, 0.1) is 0 Å². The molecule has 0 bridgehead atoms. The van der Waals surface area contributed by atoms with E-state index in [1.54, 1.807) is 0 Å². The van der Waals surface area contributed by atoms with Crippen molar-refractivity contribution in [3.05, 3.63) is 17.7 Å². The molecule has 3 heterocycles. The van der Waals surface area contributed by atoms with E-state index in [0.717, 1.165) is 18.0 Å². The molecule has 0 radical (unpaired) electrons. The summed E-state index contributed by atoms with van der Waals surface area (Å²) >= 11 is 0. The van der Waals surface area contributed by atoms with E-state index < -0.39 is 0 Å². The average molecular weight is 274 g/mol. The molecule has 3 aliphatic heterocycles. The van der Waals surface area contributed by atoms with E-state index >= 15 is 0 Å². The summed E-state index contributed by atoms with van der Waals surface area (Å²) in [6, 6.07) is 4.99. The van der Waals surface area contributed by atoms with Gasteiger partial charge in [-0.3, -0.25) is 0 Å². The fraction of sp³-hybridized carbons (Fsp3) is 0.625. The first-order valence-corrected chi connectivity index (χ1v) is 7.54. The van der Waals surface area contributed by atoms with Crippen molar-refractivity contribution < 1.29 is 9.47 Å². The van der Waals surface area contributed by atoms with E-state index in [1.165, 1.54) is 37.1 Å². The number of hydrogen-bond acceptors (Lipinski definition) is 4.